The Balaban J connectivity index is 0.00000196. The Labute approximate surface area is 208 Å². The summed E-state index contributed by atoms with van der Waals surface area (Å²) in [5, 5.41) is 0. The molecule has 1 aliphatic carbocycles. The number of halogens is 3. The van der Waals surface area contributed by atoms with Gasteiger partial charge in [0, 0.05) is 5.92 Å². The van der Waals surface area contributed by atoms with Crippen molar-refractivity contribution in [2.75, 3.05) is 0 Å². The van der Waals surface area contributed by atoms with Gasteiger partial charge in [-0.2, -0.15) is 17.7 Å². The second kappa shape index (κ2) is 12.0. The van der Waals surface area contributed by atoms with E-state index in [2.05, 4.69) is 99.6 Å². The van der Waals surface area contributed by atoms with E-state index < -0.39 is 0 Å². The van der Waals surface area contributed by atoms with Gasteiger partial charge in [-0.1, -0.05) is 72.6 Å². The van der Waals surface area contributed by atoms with Crippen LogP contribution < -0.4 is 37.2 Å². The van der Waals surface area contributed by atoms with Gasteiger partial charge in [-0.05, 0) is 30.9 Å². The van der Waals surface area contributed by atoms with Crippen molar-refractivity contribution in [3.63, 3.8) is 0 Å². The molecule has 0 radical (unpaired) electrons. The molecule has 0 fully saturated rings. The molecule has 0 spiro atoms. The standard InChI is InChI=1S/C25H23.3ClH.Ti/c1-17-8-6-11-21(14-17)25(22-12-7-9-18(2)15-22)24-19(3)16-20-10-4-5-13-23(20)24;;;;/h4-15,24-25H,1-3H3;3*1H;/q-1;;;;+4/p-3. The first-order valence-electron chi connectivity index (χ1n) is 8.96. The summed E-state index contributed by atoms with van der Waals surface area (Å²) in [5.74, 6) is 0.663. The molecule has 3 aromatic carbocycles. The van der Waals surface area contributed by atoms with Crippen molar-refractivity contribution in [1.82, 2.24) is 0 Å². The molecule has 0 heterocycles. The molecule has 0 nitrogen and oxygen atoms in total. The van der Waals surface area contributed by atoms with Crippen LogP contribution >= 0.6 is 0 Å². The number of fused-ring (bicyclic) bond motifs is 1. The van der Waals surface area contributed by atoms with Gasteiger partial charge in [0.1, 0.15) is 0 Å². The topological polar surface area (TPSA) is 0 Å². The van der Waals surface area contributed by atoms with Gasteiger partial charge < -0.3 is 37.2 Å². The summed E-state index contributed by atoms with van der Waals surface area (Å²) >= 11 is 0. The average Bonchev–Trinajstić information content (AvgIpc) is 2.92. The predicted molar refractivity (Wildman–Crippen MR) is 105 cm³/mol. The number of rotatable bonds is 3. The van der Waals surface area contributed by atoms with Crippen LogP contribution in [0.15, 0.2) is 78.4 Å². The molecule has 0 amide bonds. The smallest absolute Gasteiger partial charge is 1.00 e. The molecular formula is C25H23Cl3Ti. The van der Waals surface area contributed by atoms with Gasteiger partial charge in [-0.15, -0.1) is 23.3 Å². The minimum atomic E-state index is 0. The van der Waals surface area contributed by atoms with E-state index in [1.54, 1.807) is 0 Å². The molecule has 29 heavy (non-hydrogen) atoms. The maximum atomic E-state index is 3.61. The van der Waals surface area contributed by atoms with Crippen molar-refractivity contribution < 1.29 is 58.9 Å². The number of hydrogen-bond donors (Lipinski definition) is 0. The van der Waals surface area contributed by atoms with Crippen LogP contribution in [0.3, 0.4) is 0 Å². The molecule has 0 aliphatic heterocycles. The van der Waals surface area contributed by atoms with Crippen molar-refractivity contribution in [2.45, 2.75) is 32.6 Å². The SMILES string of the molecule is CC1=[C-]c2ccccc2C1C(c1cccc(C)c1)c1cccc(C)c1.[Cl-].[Cl-].[Cl-].[Ti+4]. The molecule has 0 aromatic heterocycles. The molecule has 0 saturated heterocycles. The van der Waals surface area contributed by atoms with Crippen LogP contribution in [0.2, 0.25) is 0 Å². The summed E-state index contributed by atoms with van der Waals surface area (Å²) in [5.41, 5.74) is 9.36. The fraction of sp³-hybridized carbons (Fsp3) is 0.200. The van der Waals surface area contributed by atoms with Gasteiger partial charge >= 0.3 is 21.7 Å². The minimum Gasteiger partial charge on any atom is -1.00 e. The zero-order chi connectivity index (χ0) is 17.4. The number of aryl methyl sites for hydroxylation is 2. The van der Waals surface area contributed by atoms with E-state index in [1.165, 1.54) is 39.0 Å². The van der Waals surface area contributed by atoms with Crippen molar-refractivity contribution in [2.24, 2.45) is 0 Å². The largest absolute Gasteiger partial charge is 4.00 e. The molecule has 1 atom stereocenters. The zero-order valence-electron chi connectivity index (χ0n) is 16.7. The van der Waals surface area contributed by atoms with Gasteiger partial charge in [0.05, 0.1) is 0 Å². The third kappa shape index (κ3) is 5.78. The molecule has 4 heteroatoms. The first-order valence-corrected chi connectivity index (χ1v) is 8.96. The van der Waals surface area contributed by atoms with Crippen LogP contribution in [0.1, 0.15) is 52.1 Å². The summed E-state index contributed by atoms with van der Waals surface area (Å²) < 4.78 is 0. The first-order chi connectivity index (χ1) is 12.1. The Hall–Kier alpha value is -1.02. The Morgan fingerprint density at radius 2 is 1.21 bits per heavy atom. The van der Waals surface area contributed by atoms with Crippen LogP contribution in [0.4, 0.5) is 0 Å². The third-order valence-corrected chi connectivity index (χ3v) is 5.23. The molecule has 0 saturated carbocycles. The van der Waals surface area contributed by atoms with Gasteiger partial charge in [-0.3, -0.25) is 0 Å². The van der Waals surface area contributed by atoms with Gasteiger partial charge in [0.15, 0.2) is 0 Å². The molecule has 148 valence electrons. The van der Waals surface area contributed by atoms with Crippen LogP contribution in [-0.2, 0) is 21.7 Å². The fourth-order valence-corrected chi connectivity index (χ4v) is 4.14. The molecule has 1 aliphatic rings. The number of hydrogen-bond acceptors (Lipinski definition) is 0. The molecule has 0 N–H and O–H groups in total. The van der Waals surface area contributed by atoms with E-state index in [-0.39, 0.29) is 58.9 Å². The maximum absolute atomic E-state index is 3.61. The monoisotopic (exact) mass is 476 g/mol. The van der Waals surface area contributed by atoms with E-state index in [0.29, 0.717) is 11.8 Å². The fourth-order valence-electron chi connectivity index (χ4n) is 4.14. The summed E-state index contributed by atoms with van der Waals surface area (Å²) in [6, 6.07) is 26.6. The summed E-state index contributed by atoms with van der Waals surface area (Å²) in [4.78, 5) is 0. The van der Waals surface area contributed by atoms with Crippen molar-refractivity contribution >= 4 is 0 Å². The molecule has 1 unspecified atom stereocenters. The minimum absolute atomic E-state index is 0. The van der Waals surface area contributed by atoms with Crippen LogP contribution in [0.25, 0.3) is 0 Å². The Morgan fingerprint density at radius 3 is 1.72 bits per heavy atom. The predicted octanol–water partition coefficient (Wildman–Crippen LogP) is -2.66. The summed E-state index contributed by atoms with van der Waals surface area (Å²) in [6.45, 7) is 6.58. The molecule has 3 aromatic rings. The average molecular weight is 478 g/mol. The Kier molecular flexibility index (Phi) is 11.6. The van der Waals surface area contributed by atoms with Crippen molar-refractivity contribution in [3.05, 3.63) is 118 Å². The van der Waals surface area contributed by atoms with Crippen molar-refractivity contribution in [1.29, 1.82) is 0 Å². The quantitative estimate of drug-likeness (QED) is 0.286. The molecule has 0 bridgehead atoms. The second-order valence-electron chi connectivity index (χ2n) is 7.18. The number of benzene rings is 3. The van der Waals surface area contributed by atoms with Gasteiger partial charge in [0.2, 0.25) is 0 Å². The van der Waals surface area contributed by atoms with E-state index in [1.807, 2.05) is 0 Å². The Bertz CT molecular complexity index is 920. The van der Waals surface area contributed by atoms with Crippen LogP contribution in [0, 0.1) is 19.9 Å². The molecule has 4 rings (SSSR count). The van der Waals surface area contributed by atoms with E-state index in [0.717, 1.165) is 0 Å². The molecular weight excluding hydrogens is 455 g/mol. The van der Waals surface area contributed by atoms with E-state index in [9.17, 15) is 0 Å². The van der Waals surface area contributed by atoms with E-state index >= 15 is 0 Å². The van der Waals surface area contributed by atoms with Gasteiger partial charge in [0.25, 0.3) is 0 Å². The van der Waals surface area contributed by atoms with Crippen LogP contribution in [-0.4, -0.2) is 0 Å². The normalized spacial score (nSPS) is 13.8. The number of allylic oxidation sites excluding steroid dienone is 1. The van der Waals surface area contributed by atoms with Crippen molar-refractivity contribution in [3.8, 4) is 0 Å². The Morgan fingerprint density at radius 1 is 0.690 bits per heavy atom. The third-order valence-electron chi connectivity index (χ3n) is 5.23. The van der Waals surface area contributed by atoms with E-state index in [4.69, 9.17) is 0 Å². The first kappa shape index (κ1) is 28.0. The summed E-state index contributed by atoms with van der Waals surface area (Å²) in [7, 11) is 0. The maximum Gasteiger partial charge on any atom is 4.00 e. The summed E-state index contributed by atoms with van der Waals surface area (Å²) in [6.07, 6.45) is 3.61. The second-order valence-corrected chi connectivity index (χ2v) is 7.18. The van der Waals surface area contributed by atoms with Crippen LogP contribution in [0.5, 0.6) is 0 Å². The van der Waals surface area contributed by atoms with Gasteiger partial charge in [-0.25, -0.2) is 0 Å². The zero-order valence-corrected chi connectivity index (χ0v) is 20.5.